The summed E-state index contributed by atoms with van der Waals surface area (Å²) in [6, 6.07) is 0. The maximum atomic E-state index is 13.2. The van der Waals surface area contributed by atoms with Gasteiger partial charge in [-0.05, 0) is 18.9 Å². The highest BCUT2D eigenvalue weighted by Crippen LogP contribution is 2.47. The Hall–Kier alpha value is -1.91. The number of hydrogen-bond acceptors (Lipinski definition) is 2. The third-order valence-electron chi connectivity index (χ3n) is 2.85. The van der Waals surface area contributed by atoms with Crippen molar-refractivity contribution in [3.63, 3.8) is 0 Å². The van der Waals surface area contributed by atoms with E-state index < -0.39 is 23.1 Å². The standard InChI is InChI=1S/C12H15FN2O2/c1-4-5-9(8(2)13)15(3)11(17)12(6-7-12)10(14)16/h4-5H,1-2,6-7H2,3H3,(H2,14,16)/b9-5+. The summed E-state index contributed by atoms with van der Waals surface area (Å²) in [6.45, 7) is 6.56. The molecule has 1 fully saturated rings. The number of carbonyl (C=O) groups excluding carboxylic acids is 2. The van der Waals surface area contributed by atoms with Crippen LogP contribution in [0.5, 0.6) is 0 Å². The van der Waals surface area contributed by atoms with Crippen molar-refractivity contribution in [3.8, 4) is 0 Å². The van der Waals surface area contributed by atoms with E-state index in [-0.39, 0.29) is 5.70 Å². The second kappa shape index (κ2) is 4.53. The number of halogens is 1. The second-order valence-electron chi connectivity index (χ2n) is 4.00. The van der Waals surface area contributed by atoms with E-state index in [4.69, 9.17) is 5.73 Å². The van der Waals surface area contributed by atoms with E-state index in [2.05, 4.69) is 13.2 Å². The van der Waals surface area contributed by atoms with Crippen LogP contribution in [-0.2, 0) is 9.59 Å². The Kier molecular flexibility index (Phi) is 3.50. The molecule has 0 radical (unpaired) electrons. The van der Waals surface area contributed by atoms with E-state index in [1.807, 2.05) is 0 Å². The Morgan fingerprint density at radius 3 is 2.29 bits per heavy atom. The van der Waals surface area contributed by atoms with Gasteiger partial charge in [0.2, 0.25) is 11.8 Å². The van der Waals surface area contributed by atoms with Gasteiger partial charge in [0.05, 0.1) is 5.70 Å². The zero-order chi connectivity index (χ0) is 13.2. The lowest BCUT2D eigenvalue weighted by molar-refractivity contribution is -0.140. The van der Waals surface area contributed by atoms with Gasteiger partial charge in [0.15, 0.2) is 0 Å². The van der Waals surface area contributed by atoms with Crippen LogP contribution in [0, 0.1) is 5.41 Å². The van der Waals surface area contributed by atoms with Crippen LogP contribution in [0.15, 0.2) is 36.8 Å². The predicted octanol–water partition coefficient (Wildman–Crippen LogP) is 1.26. The molecule has 0 aliphatic heterocycles. The van der Waals surface area contributed by atoms with E-state index in [0.29, 0.717) is 12.8 Å². The summed E-state index contributed by atoms with van der Waals surface area (Å²) in [6.07, 6.45) is 3.47. The fraction of sp³-hybridized carbons (Fsp3) is 0.333. The fourth-order valence-corrected chi connectivity index (χ4v) is 1.62. The molecule has 0 aromatic carbocycles. The topological polar surface area (TPSA) is 63.4 Å². The normalized spacial score (nSPS) is 17.2. The lowest BCUT2D eigenvalue weighted by Gasteiger charge is -2.23. The second-order valence-corrected chi connectivity index (χ2v) is 4.00. The lowest BCUT2D eigenvalue weighted by atomic mass is 10.0. The van der Waals surface area contributed by atoms with Crippen LogP contribution in [0.1, 0.15) is 12.8 Å². The third-order valence-corrected chi connectivity index (χ3v) is 2.85. The molecule has 1 rings (SSSR count). The first-order valence-corrected chi connectivity index (χ1v) is 5.12. The van der Waals surface area contributed by atoms with Crippen molar-refractivity contribution >= 4 is 11.8 Å². The number of primary amides is 1. The van der Waals surface area contributed by atoms with Crippen molar-refractivity contribution < 1.29 is 14.0 Å². The van der Waals surface area contributed by atoms with Crippen LogP contribution in [0.2, 0.25) is 0 Å². The molecule has 0 bridgehead atoms. The molecule has 0 unspecified atom stereocenters. The first-order chi connectivity index (χ1) is 7.86. The molecule has 2 N–H and O–H groups in total. The summed E-state index contributed by atoms with van der Waals surface area (Å²) in [5, 5.41) is 0. The first-order valence-electron chi connectivity index (χ1n) is 5.12. The van der Waals surface area contributed by atoms with E-state index in [0.717, 1.165) is 4.90 Å². The van der Waals surface area contributed by atoms with Crippen molar-refractivity contribution in [1.82, 2.24) is 4.90 Å². The largest absolute Gasteiger partial charge is 0.369 e. The van der Waals surface area contributed by atoms with Crippen molar-refractivity contribution in [2.75, 3.05) is 7.05 Å². The smallest absolute Gasteiger partial charge is 0.242 e. The first kappa shape index (κ1) is 13.2. The molecule has 2 amide bonds. The van der Waals surface area contributed by atoms with E-state index >= 15 is 0 Å². The number of nitrogens with zero attached hydrogens (tertiary/aromatic N) is 1. The van der Waals surface area contributed by atoms with Gasteiger partial charge in [-0.25, -0.2) is 4.39 Å². The van der Waals surface area contributed by atoms with Gasteiger partial charge < -0.3 is 10.6 Å². The van der Waals surface area contributed by atoms with Gasteiger partial charge >= 0.3 is 0 Å². The van der Waals surface area contributed by atoms with Crippen molar-refractivity contribution in [2.24, 2.45) is 11.1 Å². The Morgan fingerprint density at radius 1 is 1.47 bits per heavy atom. The highest BCUT2D eigenvalue weighted by Gasteiger charge is 2.56. The number of allylic oxidation sites excluding steroid dienone is 3. The summed E-state index contributed by atoms with van der Waals surface area (Å²) in [7, 11) is 1.38. The van der Waals surface area contributed by atoms with Gasteiger partial charge in [0.1, 0.15) is 11.2 Å². The minimum atomic E-state index is -1.16. The van der Waals surface area contributed by atoms with E-state index in [1.165, 1.54) is 19.2 Å². The molecular weight excluding hydrogens is 223 g/mol. The molecule has 0 heterocycles. The molecule has 0 atom stereocenters. The molecule has 1 saturated carbocycles. The maximum Gasteiger partial charge on any atom is 0.242 e. The lowest BCUT2D eigenvalue weighted by Crippen LogP contribution is -2.41. The molecule has 1 aliphatic rings. The molecule has 0 aromatic rings. The number of likely N-dealkylation sites (N-methyl/N-ethyl adjacent to an activating group) is 1. The minimum absolute atomic E-state index is 0.0162. The van der Waals surface area contributed by atoms with Gasteiger partial charge in [-0.1, -0.05) is 19.2 Å². The van der Waals surface area contributed by atoms with Gasteiger partial charge in [-0.15, -0.1) is 0 Å². The zero-order valence-corrected chi connectivity index (χ0v) is 9.70. The van der Waals surface area contributed by atoms with Gasteiger partial charge in [-0.2, -0.15) is 0 Å². The molecule has 1 aliphatic carbocycles. The van der Waals surface area contributed by atoms with Crippen LogP contribution < -0.4 is 5.73 Å². The predicted molar refractivity (Wildman–Crippen MR) is 62.2 cm³/mol. The summed E-state index contributed by atoms with van der Waals surface area (Å²) >= 11 is 0. The summed E-state index contributed by atoms with van der Waals surface area (Å²) in [5.74, 6) is -1.94. The Morgan fingerprint density at radius 2 is 2.00 bits per heavy atom. The summed E-state index contributed by atoms with van der Waals surface area (Å²) < 4.78 is 13.2. The molecule has 0 spiro atoms. The van der Waals surface area contributed by atoms with Gasteiger partial charge in [-0.3, -0.25) is 9.59 Å². The average molecular weight is 238 g/mol. The minimum Gasteiger partial charge on any atom is -0.369 e. The summed E-state index contributed by atoms with van der Waals surface area (Å²) in [5.41, 5.74) is 4.00. The molecule has 17 heavy (non-hydrogen) atoms. The van der Waals surface area contributed by atoms with E-state index in [1.54, 1.807) is 0 Å². The maximum absolute atomic E-state index is 13.2. The molecule has 4 nitrogen and oxygen atoms in total. The third kappa shape index (κ3) is 2.27. The van der Waals surface area contributed by atoms with Crippen molar-refractivity contribution in [3.05, 3.63) is 36.8 Å². The van der Waals surface area contributed by atoms with Crippen LogP contribution in [0.25, 0.3) is 0 Å². The van der Waals surface area contributed by atoms with Crippen molar-refractivity contribution in [1.29, 1.82) is 0 Å². The SMILES string of the molecule is C=C/C=C(\C(=C)F)N(C)C(=O)C1(C(N)=O)CC1. The Bertz CT molecular complexity index is 422. The highest BCUT2D eigenvalue weighted by atomic mass is 19.1. The van der Waals surface area contributed by atoms with Crippen LogP contribution in [-0.4, -0.2) is 23.8 Å². The number of amides is 2. The molecule has 5 heteroatoms. The number of nitrogens with two attached hydrogens (primary N) is 1. The Balaban J connectivity index is 2.97. The van der Waals surface area contributed by atoms with E-state index in [9.17, 15) is 14.0 Å². The molecular formula is C12H15FN2O2. The number of hydrogen-bond donors (Lipinski definition) is 1. The van der Waals surface area contributed by atoms with Crippen LogP contribution in [0.3, 0.4) is 0 Å². The number of carbonyl (C=O) groups is 2. The van der Waals surface area contributed by atoms with Crippen LogP contribution in [0.4, 0.5) is 4.39 Å². The molecule has 0 saturated heterocycles. The molecule has 92 valence electrons. The van der Waals surface area contributed by atoms with Gasteiger partial charge in [0.25, 0.3) is 0 Å². The average Bonchev–Trinajstić information content (AvgIpc) is 3.04. The highest BCUT2D eigenvalue weighted by molar-refractivity contribution is 6.07. The van der Waals surface area contributed by atoms with Crippen molar-refractivity contribution in [2.45, 2.75) is 12.8 Å². The molecule has 0 aromatic heterocycles. The van der Waals surface area contributed by atoms with Crippen LogP contribution >= 0.6 is 0 Å². The Labute approximate surface area is 99.3 Å². The summed E-state index contributed by atoms with van der Waals surface area (Å²) in [4.78, 5) is 24.3. The number of rotatable bonds is 5. The van der Waals surface area contributed by atoms with Gasteiger partial charge in [0, 0.05) is 7.05 Å². The quantitative estimate of drug-likeness (QED) is 0.579. The zero-order valence-electron chi connectivity index (χ0n) is 9.70. The monoisotopic (exact) mass is 238 g/mol. The fourth-order valence-electron chi connectivity index (χ4n) is 1.62.